The Balaban J connectivity index is 2.28. The third kappa shape index (κ3) is 4.03. The number of pyridine rings is 1. The van der Waals surface area contributed by atoms with Gasteiger partial charge in [-0.25, -0.2) is 8.42 Å². The van der Waals surface area contributed by atoms with Gasteiger partial charge in [-0.3, -0.25) is 14.5 Å². The van der Waals surface area contributed by atoms with Gasteiger partial charge >= 0.3 is 0 Å². The van der Waals surface area contributed by atoms with Crippen molar-refractivity contribution >= 4 is 27.3 Å². The van der Waals surface area contributed by atoms with Gasteiger partial charge in [-0.15, -0.1) is 0 Å². The van der Waals surface area contributed by atoms with Crippen molar-refractivity contribution in [3.05, 3.63) is 53.9 Å². The molecule has 0 spiro atoms. The van der Waals surface area contributed by atoms with Gasteiger partial charge in [0.05, 0.1) is 23.8 Å². The molecule has 21 heavy (non-hydrogen) atoms. The van der Waals surface area contributed by atoms with Crippen LogP contribution < -0.4 is 10.0 Å². The van der Waals surface area contributed by atoms with E-state index < -0.39 is 10.0 Å². The number of hydrogen-bond donors (Lipinski definition) is 2. The Morgan fingerprint density at radius 2 is 1.95 bits per heavy atom. The first-order valence-electron chi connectivity index (χ1n) is 6.15. The molecule has 2 N–H and O–H groups in total. The van der Waals surface area contributed by atoms with E-state index in [1.165, 1.54) is 6.20 Å². The lowest BCUT2D eigenvalue weighted by Gasteiger charge is -2.12. The maximum absolute atomic E-state index is 12.2. The second-order valence-corrected chi connectivity index (χ2v) is 6.30. The van der Waals surface area contributed by atoms with Gasteiger partial charge in [0.2, 0.25) is 10.0 Å². The van der Waals surface area contributed by atoms with Crippen molar-refractivity contribution in [3.63, 3.8) is 0 Å². The molecule has 1 aromatic carbocycles. The van der Waals surface area contributed by atoms with E-state index >= 15 is 0 Å². The smallest absolute Gasteiger partial charge is 0.256 e. The number of anilines is 2. The summed E-state index contributed by atoms with van der Waals surface area (Å²) < 4.78 is 25.0. The van der Waals surface area contributed by atoms with Crippen molar-refractivity contribution in [1.29, 1.82) is 0 Å². The van der Waals surface area contributed by atoms with Crippen LogP contribution in [0.1, 0.15) is 15.9 Å². The van der Waals surface area contributed by atoms with Crippen molar-refractivity contribution in [1.82, 2.24) is 4.98 Å². The first kappa shape index (κ1) is 15.0. The predicted molar refractivity (Wildman–Crippen MR) is 81.8 cm³/mol. The zero-order valence-corrected chi connectivity index (χ0v) is 12.4. The summed E-state index contributed by atoms with van der Waals surface area (Å²) in [6.07, 6.45) is 4.21. The molecule has 110 valence electrons. The standard InChI is InChI=1S/C14H15N3O3S/c1-10-12(6-3-7-13(10)17-21(2,19)20)14(18)16-11-5-4-8-15-9-11/h3-9,17H,1-2H3,(H,16,18). The maximum atomic E-state index is 12.2. The highest BCUT2D eigenvalue weighted by molar-refractivity contribution is 7.92. The molecule has 1 aromatic heterocycles. The number of benzene rings is 1. The lowest BCUT2D eigenvalue weighted by atomic mass is 10.1. The SMILES string of the molecule is Cc1c(NS(C)(=O)=O)cccc1C(=O)Nc1cccnc1. The van der Waals surface area contributed by atoms with Gasteiger partial charge in [0.15, 0.2) is 0 Å². The zero-order chi connectivity index (χ0) is 15.5. The Hall–Kier alpha value is -2.41. The summed E-state index contributed by atoms with van der Waals surface area (Å²) in [4.78, 5) is 16.2. The van der Waals surface area contributed by atoms with Crippen molar-refractivity contribution in [2.75, 3.05) is 16.3 Å². The second-order valence-electron chi connectivity index (χ2n) is 4.55. The van der Waals surface area contributed by atoms with E-state index in [-0.39, 0.29) is 5.91 Å². The summed E-state index contributed by atoms with van der Waals surface area (Å²) in [6, 6.07) is 8.30. The average Bonchev–Trinajstić information content (AvgIpc) is 2.40. The summed E-state index contributed by atoms with van der Waals surface area (Å²) in [5.74, 6) is -0.322. The first-order valence-corrected chi connectivity index (χ1v) is 8.05. The lowest BCUT2D eigenvalue weighted by Crippen LogP contribution is -2.16. The lowest BCUT2D eigenvalue weighted by molar-refractivity contribution is 0.102. The summed E-state index contributed by atoms with van der Waals surface area (Å²) in [7, 11) is -3.39. The van der Waals surface area contributed by atoms with E-state index in [0.717, 1.165) is 6.26 Å². The molecule has 0 saturated heterocycles. The van der Waals surface area contributed by atoms with E-state index in [0.29, 0.717) is 22.5 Å². The molecule has 6 nitrogen and oxygen atoms in total. The monoisotopic (exact) mass is 305 g/mol. The number of aromatic nitrogens is 1. The Bertz CT molecular complexity index is 758. The molecule has 1 amide bonds. The highest BCUT2D eigenvalue weighted by Crippen LogP contribution is 2.21. The fourth-order valence-corrected chi connectivity index (χ4v) is 2.45. The van der Waals surface area contributed by atoms with Crippen LogP contribution in [0.2, 0.25) is 0 Å². The molecule has 0 aliphatic carbocycles. The number of rotatable bonds is 4. The van der Waals surface area contributed by atoms with Crippen LogP contribution in [0.4, 0.5) is 11.4 Å². The number of amides is 1. The number of nitrogens with one attached hydrogen (secondary N) is 2. The topological polar surface area (TPSA) is 88.2 Å². The number of carbonyl (C=O) groups is 1. The molecular formula is C14H15N3O3S. The quantitative estimate of drug-likeness (QED) is 0.904. The minimum atomic E-state index is -3.39. The molecule has 0 atom stereocenters. The molecule has 0 unspecified atom stereocenters. The average molecular weight is 305 g/mol. The fourth-order valence-electron chi connectivity index (χ4n) is 1.83. The van der Waals surface area contributed by atoms with E-state index in [1.807, 2.05) is 0 Å². The highest BCUT2D eigenvalue weighted by atomic mass is 32.2. The Labute approximate surface area is 123 Å². The molecule has 1 heterocycles. The number of hydrogen-bond acceptors (Lipinski definition) is 4. The fraction of sp³-hybridized carbons (Fsp3) is 0.143. The molecule has 0 saturated carbocycles. The molecule has 0 aliphatic heterocycles. The van der Waals surface area contributed by atoms with Crippen molar-refractivity contribution < 1.29 is 13.2 Å². The summed E-state index contributed by atoms with van der Waals surface area (Å²) in [6.45, 7) is 1.69. The van der Waals surface area contributed by atoms with Crippen LogP contribution in [0.25, 0.3) is 0 Å². The Morgan fingerprint density at radius 1 is 1.19 bits per heavy atom. The van der Waals surface area contributed by atoms with Gasteiger partial charge < -0.3 is 5.32 Å². The minimum absolute atomic E-state index is 0.322. The van der Waals surface area contributed by atoms with Gasteiger partial charge in [-0.2, -0.15) is 0 Å². The number of nitrogens with zero attached hydrogens (tertiary/aromatic N) is 1. The Morgan fingerprint density at radius 3 is 2.57 bits per heavy atom. The summed E-state index contributed by atoms with van der Waals surface area (Å²) in [5, 5.41) is 2.71. The van der Waals surface area contributed by atoms with Gasteiger partial charge in [-0.1, -0.05) is 6.07 Å². The summed E-state index contributed by atoms with van der Waals surface area (Å²) in [5.41, 5.74) is 1.91. The third-order valence-electron chi connectivity index (χ3n) is 2.79. The van der Waals surface area contributed by atoms with Gasteiger partial charge in [0.1, 0.15) is 0 Å². The van der Waals surface area contributed by atoms with Crippen molar-refractivity contribution in [2.45, 2.75) is 6.92 Å². The van der Waals surface area contributed by atoms with Crippen LogP contribution in [0.15, 0.2) is 42.7 Å². The van der Waals surface area contributed by atoms with E-state index in [9.17, 15) is 13.2 Å². The Kier molecular flexibility index (Phi) is 4.23. The molecule has 0 aliphatic rings. The third-order valence-corrected chi connectivity index (χ3v) is 3.38. The van der Waals surface area contributed by atoms with E-state index in [1.54, 1.807) is 43.5 Å². The highest BCUT2D eigenvalue weighted by Gasteiger charge is 2.13. The molecule has 0 fully saturated rings. The van der Waals surface area contributed by atoms with Crippen LogP contribution >= 0.6 is 0 Å². The number of carbonyl (C=O) groups excluding carboxylic acids is 1. The zero-order valence-electron chi connectivity index (χ0n) is 11.6. The minimum Gasteiger partial charge on any atom is -0.321 e. The summed E-state index contributed by atoms with van der Waals surface area (Å²) >= 11 is 0. The van der Waals surface area contributed by atoms with E-state index in [2.05, 4.69) is 15.0 Å². The largest absolute Gasteiger partial charge is 0.321 e. The second kappa shape index (κ2) is 5.92. The van der Waals surface area contributed by atoms with E-state index in [4.69, 9.17) is 0 Å². The molecule has 0 radical (unpaired) electrons. The number of sulfonamides is 1. The van der Waals surface area contributed by atoms with Crippen molar-refractivity contribution in [3.8, 4) is 0 Å². The molecule has 2 aromatic rings. The van der Waals surface area contributed by atoms with Crippen LogP contribution in [0.5, 0.6) is 0 Å². The normalized spacial score (nSPS) is 11.0. The van der Waals surface area contributed by atoms with Crippen LogP contribution in [-0.4, -0.2) is 25.6 Å². The molecular weight excluding hydrogens is 290 g/mol. The van der Waals surface area contributed by atoms with Gasteiger partial charge in [-0.05, 0) is 36.8 Å². The van der Waals surface area contributed by atoms with Crippen LogP contribution in [-0.2, 0) is 10.0 Å². The first-order chi connectivity index (χ1) is 9.87. The maximum Gasteiger partial charge on any atom is 0.256 e. The molecule has 2 rings (SSSR count). The van der Waals surface area contributed by atoms with Crippen LogP contribution in [0, 0.1) is 6.92 Å². The van der Waals surface area contributed by atoms with Gasteiger partial charge in [0.25, 0.3) is 5.91 Å². The van der Waals surface area contributed by atoms with Gasteiger partial charge in [0, 0.05) is 11.8 Å². The van der Waals surface area contributed by atoms with Crippen molar-refractivity contribution in [2.24, 2.45) is 0 Å². The predicted octanol–water partition coefficient (Wildman–Crippen LogP) is 2.01. The molecule has 0 bridgehead atoms. The van der Waals surface area contributed by atoms with Crippen LogP contribution in [0.3, 0.4) is 0 Å². The molecule has 7 heteroatoms.